The third-order valence-electron chi connectivity index (χ3n) is 2.12. The highest BCUT2D eigenvalue weighted by molar-refractivity contribution is 7.13. The van der Waals surface area contributed by atoms with Gasteiger partial charge in [-0.15, -0.1) is 11.3 Å². The summed E-state index contributed by atoms with van der Waals surface area (Å²) >= 11 is 1.72. The second-order valence-electron chi connectivity index (χ2n) is 3.05. The summed E-state index contributed by atoms with van der Waals surface area (Å²) in [6, 6.07) is 0. The number of thiazole rings is 1. The third-order valence-corrected chi connectivity index (χ3v) is 3.07. The molecule has 0 fully saturated rings. The molecule has 1 aromatic rings. The Morgan fingerprint density at radius 3 is 2.79 bits per heavy atom. The van der Waals surface area contributed by atoms with Gasteiger partial charge in [0, 0.05) is 25.6 Å². The summed E-state index contributed by atoms with van der Waals surface area (Å²) in [5.41, 5.74) is 1.18. The number of hydrogen-bond acceptors (Lipinski definition) is 4. The number of likely N-dealkylation sites (N-methyl/N-ethyl adjacent to an activating group) is 1. The van der Waals surface area contributed by atoms with E-state index in [9.17, 15) is 0 Å². The van der Waals surface area contributed by atoms with Gasteiger partial charge >= 0.3 is 0 Å². The van der Waals surface area contributed by atoms with Crippen molar-refractivity contribution in [3.63, 3.8) is 0 Å². The van der Waals surface area contributed by atoms with Crippen LogP contribution in [-0.4, -0.2) is 31.8 Å². The molecule has 0 aliphatic rings. The molecule has 0 unspecified atom stereocenters. The van der Waals surface area contributed by atoms with Gasteiger partial charge in [0.15, 0.2) is 5.13 Å². The Hall–Kier alpha value is -0.610. The van der Waals surface area contributed by atoms with E-state index in [1.165, 1.54) is 5.69 Å². The molecule has 1 rings (SSSR count). The molecule has 1 aromatic heterocycles. The van der Waals surface area contributed by atoms with E-state index in [4.69, 9.17) is 4.74 Å². The minimum atomic E-state index is 0.759. The number of rotatable bonds is 6. The van der Waals surface area contributed by atoms with E-state index >= 15 is 0 Å². The Balaban J connectivity index is 2.58. The Morgan fingerprint density at radius 2 is 2.29 bits per heavy atom. The van der Waals surface area contributed by atoms with Gasteiger partial charge in [-0.3, -0.25) is 0 Å². The first kappa shape index (κ1) is 11.5. The summed E-state index contributed by atoms with van der Waals surface area (Å²) in [7, 11) is 1.73. The molecule has 4 heteroatoms. The van der Waals surface area contributed by atoms with E-state index in [1.54, 1.807) is 18.4 Å². The first-order chi connectivity index (χ1) is 6.81. The first-order valence-corrected chi connectivity index (χ1v) is 5.88. The van der Waals surface area contributed by atoms with Crippen LogP contribution in [0.3, 0.4) is 0 Å². The van der Waals surface area contributed by atoms with E-state index in [0.717, 1.165) is 31.2 Å². The van der Waals surface area contributed by atoms with Crippen LogP contribution in [0.4, 0.5) is 5.13 Å². The Labute approximate surface area is 89.7 Å². The van der Waals surface area contributed by atoms with Crippen LogP contribution in [0, 0.1) is 0 Å². The van der Waals surface area contributed by atoms with Crippen molar-refractivity contribution in [2.75, 3.05) is 31.7 Å². The summed E-state index contributed by atoms with van der Waals surface area (Å²) in [6.45, 7) is 6.94. The lowest BCUT2D eigenvalue weighted by atomic mass is 10.4. The zero-order chi connectivity index (χ0) is 10.4. The molecular weight excluding hydrogens is 196 g/mol. The van der Waals surface area contributed by atoms with Crippen molar-refractivity contribution >= 4 is 16.5 Å². The predicted octanol–water partition coefficient (Wildman–Crippen LogP) is 2.18. The maximum Gasteiger partial charge on any atom is 0.185 e. The lowest BCUT2D eigenvalue weighted by Crippen LogP contribution is -2.26. The van der Waals surface area contributed by atoms with Crippen molar-refractivity contribution in [1.29, 1.82) is 0 Å². The fourth-order valence-electron chi connectivity index (χ4n) is 1.19. The van der Waals surface area contributed by atoms with E-state index in [0.29, 0.717) is 0 Å². The van der Waals surface area contributed by atoms with Gasteiger partial charge in [0.25, 0.3) is 0 Å². The van der Waals surface area contributed by atoms with Crippen molar-refractivity contribution in [3.8, 4) is 0 Å². The molecule has 0 radical (unpaired) electrons. The molecule has 0 atom stereocenters. The van der Waals surface area contributed by atoms with Crippen LogP contribution in [0.1, 0.15) is 19.5 Å². The normalized spacial score (nSPS) is 10.5. The molecule has 1 heterocycles. The highest BCUT2D eigenvalue weighted by atomic mass is 32.1. The van der Waals surface area contributed by atoms with Gasteiger partial charge in [-0.2, -0.15) is 0 Å². The summed E-state index contributed by atoms with van der Waals surface area (Å²) < 4.78 is 5.06. The molecule has 80 valence electrons. The van der Waals surface area contributed by atoms with Crippen LogP contribution >= 0.6 is 11.3 Å². The average molecular weight is 214 g/mol. The molecule has 3 nitrogen and oxygen atoms in total. The van der Waals surface area contributed by atoms with Crippen molar-refractivity contribution in [3.05, 3.63) is 11.1 Å². The van der Waals surface area contributed by atoms with Gasteiger partial charge in [-0.05, 0) is 13.3 Å². The molecule has 0 amide bonds. The molecule has 0 aliphatic carbocycles. The standard InChI is InChI=1S/C10H18N2OS/c1-4-9-8-14-10(11-9)12(5-2)6-7-13-3/h8H,4-7H2,1-3H3. The number of aryl methyl sites for hydroxylation is 1. The fourth-order valence-corrected chi connectivity index (χ4v) is 2.19. The summed E-state index contributed by atoms with van der Waals surface area (Å²) in [5, 5.41) is 3.24. The van der Waals surface area contributed by atoms with Crippen molar-refractivity contribution in [2.45, 2.75) is 20.3 Å². The Morgan fingerprint density at radius 1 is 1.50 bits per heavy atom. The first-order valence-electron chi connectivity index (χ1n) is 5.00. The molecule has 0 bridgehead atoms. The second-order valence-corrected chi connectivity index (χ2v) is 3.88. The summed E-state index contributed by atoms with van der Waals surface area (Å²) in [4.78, 5) is 6.79. The Kier molecular flexibility index (Phi) is 4.90. The van der Waals surface area contributed by atoms with Crippen LogP contribution < -0.4 is 4.90 Å². The quantitative estimate of drug-likeness (QED) is 0.725. The zero-order valence-corrected chi connectivity index (χ0v) is 9.93. The molecule has 0 aliphatic heterocycles. The highest BCUT2D eigenvalue weighted by Crippen LogP contribution is 2.20. The van der Waals surface area contributed by atoms with Crippen molar-refractivity contribution < 1.29 is 4.74 Å². The number of nitrogens with zero attached hydrogens (tertiary/aromatic N) is 2. The molecule has 0 saturated heterocycles. The van der Waals surface area contributed by atoms with Crippen LogP contribution in [0.2, 0.25) is 0 Å². The lowest BCUT2D eigenvalue weighted by molar-refractivity contribution is 0.205. The van der Waals surface area contributed by atoms with E-state index in [2.05, 4.69) is 29.1 Å². The van der Waals surface area contributed by atoms with Crippen LogP contribution in [0.25, 0.3) is 0 Å². The van der Waals surface area contributed by atoms with Gasteiger partial charge in [0.05, 0.1) is 12.3 Å². The minimum absolute atomic E-state index is 0.759. The monoisotopic (exact) mass is 214 g/mol. The number of anilines is 1. The van der Waals surface area contributed by atoms with Gasteiger partial charge in [0.1, 0.15) is 0 Å². The Bertz CT molecular complexity index is 262. The SMILES string of the molecule is CCc1csc(N(CC)CCOC)n1. The van der Waals surface area contributed by atoms with Crippen LogP contribution in [0.15, 0.2) is 5.38 Å². The van der Waals surface area contributed by atoms with E-state index < -0.39 is 0 Å². The predicted molar refractivity (Wildman–Crippen MR) is 61.3 cm³/mol. The molecule has 0 aromatic carbocycles. The molecule has 0 saturated carbocycles. The van der Waals surface area contributed by atoms with Gasteiger partial charge in [0.2, 0.25) is 0 Å². The van der Waals surface area contributed by atoms with Gasteiger partial charge < -0.3 is 9.64 Å². The van der Waals surface area contributed by atoms with Crippen LogP contribution in [0.5, 0.6) is 0 Å². The largest absolute Gasteiger partial charge is 0.383 e. The van der Waals surface area contributed by atoms with Gasteiger partial charge in [-0.25, -0.2) is 4.98 Å². The third kappa shape index (κ3) is 2.96. The topological polar surface area (TPSA) is 25.4 Å². The molecule has 14 heavy (non-hydrogen) atoms. The van der Waals surface area contributed by atoms with E-state index in [1.807, 2.05) is 0 Å². The molecule has 0 N–H and O–H groups in total. The fraction of sp³-hybridized carbons (Fsp3) is 0.700. The number of hydrogen-bond donors (Lipinski definition) is 0. The maximum atomic E-state index is 5.06. The number of aromatic nitrogens is 1. The summed E-state index contributed by atoms with van der Waals surface area (Å²) in [5.74, 6) is 0. The van der Waals surface area contributed by atoms with Crippen molar-refractivity contribution in [2.24, 2.45) is 0 Å². The second kappa shape index (κ2) is 5.98. The number of methoxy groups -OCH3 is 1. The highest BCUT2D eigenvalue weighted by Gasteiger charge is 2.07. The smallest absolute Gasteiger partial charge is 0.185 e. The van der Waals surface area contributed by atoms with Gasteiger partial charge in [-0.1, -0.05) is 6.92 Å². The van der Waals surface area contributed by atoms with Crippen molar-refractivity contribution in [1.82, 2.24) is 4.98 Å². The van der Waals surface area contributed by atoms with E-state index in [-0.39, 0.29) is 0 Å². The zero-order valence-electron chi connectivity index (χ0n) is 9.12. The maximum absolute atomic E-state index is 5.06. The minimum Gasteiger partial charge on any atom is -0.383 e. The van der Waals surface area contributed by atoms with Crippen LogP contribution in [-0.2, 0) is 11.2 Å². The lowest BCUT2D eigenvalue weighted by Gasteiger charge is -2.18. The summed E-state index contributed by atoms with van der Waals surface area (Å²) in [6.07, 6.45) is 1.01. The molecular formula is C10H18N2OS. The number of ether oxygens (including phenoxy) is 1. The average Bonchev–Trinajstić information content (AvgIpc) is 2.68. The molecule has 0 spiro atoms.